The fraction of sp³-hybridized carbons (Fsp3) is 0.176. The van der Waals surface area contributed by atoms with E-state index < -0.39 is 16.8 Å². The van der Waals surface area contributed by atoms with Gasteiger partial charge in [0.2, 0.25) is 5.75 Å². The summed E-state index contributed by atoms with van der Waals surface area (Å²) in [7, 11) is 0. The molecular weight excluding hydrogens is 328 g/mol. The number of carbonyl (C=O) groups is 2. The maximum absolute atomic E-state index is 11.8. The van der Waals surface area contributed by atoms with Crippen LogP contribution >= 0.6 is 0 Å². The molecule has 0 aliphatic rings. The Bertz CT molecular complexity index is 819. The molecule has 0 unspecified atom stereocenters. The second-order valence-corrected chi connectivity index (χ2v) is 5.12. The number of hydrogen-bond donors (Lipinski definition) is 2. The molecule has 0 bridgehead atoms. The molecule has 0 aliphatic heterocycles. The number of benzene rings is 2. The predicted molar refractivity (Wildman–Crippen MR) is 89.0 cm³/mol. The van der Waals surface area contributed by atoms with Crippen LogP contribution in [-0.2, 0) is 11.2 Å². The van der Waals surface area contributed by atoms with Gasteiger partial charge in [-0.3, -0.25) is 19.7 Å². The highest BCUT2D eigenvalue weighted by Crippen LogP contribution is 2.32. The van der Waals surface area contributed by atoms with Crippen molar-refractivity contribution >= 4 is 17.6 Å². The first-order valence-electron chi connectivity index (χ1n) is 7.46. The van der Waals surface area contributed by atoms with Crippen LogP contribution in [0.25, 0.3) is 0 Å². The van der Waals surface area contributed by atoms with E-state index in [1.807, 2.05) is 0 Å². The third kappa shape index (κ3) is 4.77. The maximum atomic E-state index is 11.8. The first-order valence-corrected chi connectivity index (χ1v) is 7.46. The summed E-state index contributed by atoms with van der Waals surface area (Å²) in [5, 5.41) is 22.7. The standard InChI is InChI=1S/C17H16N2O6/c1-2-18-17(22)12-6-7-15(14(10-12)19(23)24)25-13-5-3-4-11(8-13)9-16(20)21/h3-8,10H,2,9H2,1H3,(H,18,22)(H,20,21). The molecule has 1 amide bonds. The zero-order chi connectivity index (χ0) is 18.4. The van der Waals surface area contributed by atoms with Gasteiger partial charge in [0.25, 0.3) is 5.91 Å². The molecule has 2 aromatic carbocycles. The van der Waals surface area contributed by atoms with E-state index >= 15 is 0 Å². The third-order valence-electron chi connectivity index (χ3n) is 3.24. The molecule has 8 heteroatoms. The molecule has 0 heterocycles. The molecule has 0 radical (unpaired) electrons. The Hall–Kier alpha value is -3.42. The number of ether oxygens (including phenoxy) is 1. The van der Waals surface area contributed by atoms with Crippen LogP contribution in [0.3, 0.4) is 0 Å². The van der Waals surface area contributed by atoms with E-state index in [0.29, 0.717) is 12.1 Å². The average Bonchev–Trinajstić information content (AvgIpc) is 2.55. The summed E-state index contributed by atoms with van der Waals surface area (Å²) >= 11 is 0. The van der Waals surface area contributed by atoms with Gasteiger partial charge < -0.3 is 15.2 Å². The molecule has 0 fully saturated rings. The van der Waals surface area contributed by atoms with Crippen molar-refractivity contribution < 1.29 is 24.4 Å². The molecule has 2 aromatic rings. The molecule has 0 saturated carbocycles. The molecule has 2 N–H and O–H groups in total. The molecule has 0 saturated heterocycles. The lowest BCUT2D eigenvalue weighted by Gasteiger charge is -2.09. The van der Waals surface area contributed by atoms with E-state index in [-0.39, 0.29) is 29.2 Å². The number of amides is 1. The highest BCUT2D eigenvalue weighted by molar-refractivity contribution is 5.95. The Balaban J connectivity index is 2.31. The van der Waals surface area contributed by atoms with Crippen molar-refractivity contribution in [2.45, 2.75) is 13.3 Å². The summed E-state index contributed by atoms with van der Waals surface area (Å²) in [4.78, 5) is 33.2. The topological polar surface area (TPSA) is 119 Å². The number of aliphatic carboxylic acids is 1. The van der Waals surface area contributed by atoms with E-state index in [4.69, 9.17) is 9.84 Å². The molecule has 130 valence electrons. The van der Waals surface area contributed by atoms with Crippen molar-refractivity contribution in [1.29, 1.82) is 0 Å². The lowest BCUT2D eigenvalue weighted by atomic mass is 10.1. The number of hydrogen-bond acceptors (Lipinski definition) is 5. The molecule has 25 heavy (non-hydrogen) atoms. The predicted octanol–water partition coefficient (Wildman–Crippen LogP) is 2.76. The zero-order valence-electron chi connectivity index (χ0n) is 13.4. The summed E-state index contributed by atoms with van der Waals surface area (Å²) in [5.74, 6) is -1.17. The summed E-state index contributed by atoms with van der Waals surface area (Å²) < 4.78 is 5.52. The second kappa shape index (κ2) is 7.91. The van der Waals surface area contributed by atoms with E-state index in [1.54, 1.807) is 25.1 Å². The van der Waals surface area contributed by atoms with Crippen molar-refractivity contribution in [3.63, 3.8) is 0 Å². The lowest BCUT2D eigenvalue weighted by Crippen LogP contribution is -2.22. The van der Waals surface area contributed by atoms with Crippen molar-refractivity contribution in [2.24, 2.45) is 0 Å². The quantitative estimate of drug-likeness (QED) is 0.589. The van der Waals surface area contributed by atoms with E-state index in [0.717, 1.165) is 6.07 Å². The van der Waals surface area contributed by atoms with Crippen LogP contribution in [0.5, 0.6) is 11.5 Å². The number of nitro benzene ring substituents is 1. The van der Waals surface area contributed by atoms with Gasteiger partial charge in [-0.1, -0.05) is 12.1 Å². The lowest BCUT2D eigenvalue weighted by molar-refractivity contribution is -0.385. The van der Waals surface area contributed by atoms with Crippen molar-refractivity contribution in [3.8, 4) is 11.5 Å². The summed E-state index contributed by atoms with van der Waals surface area (Å²) in [6.07, 6.45) is -0.185. The van der Waals surface area contributed by atoms with Crippen molar-refractivity contribution in [1.82, 2.24) is 5.32 Å². The fourth-order valence-corrected chi connectivity index (χ4v) is 2.17. The molecule has 0 spiro atoms. The number of rotatable bonds is 7. The van der Waals surface area contributed by atoms with Crippen LogP contribution in [-0.4, -0.2) is 28.5 Å². The van der Waals surface area contributed by atoms with Crippen molar-refractivity contribution in [3.05, 3.63) is 63.7 Å². The smallest absolute Gasteiger partial charge is 0.312 e. The van der Waals surface area contributed by atoms with Gasteiger partial charge in [0.15, 0.2) is 0 Å². The van der Waals surface area contributed by atoms with E-state index in [2.05, 4.69) is 5.32 Å². The van der Waals surface area contributed by atoms with Gasteiger partial charge in [-0.05, 0) is 36.8 Å². The number of carboxylic acids is 1. The fourth-order valence-electron chi connectivity index (χ4n) is 2.17. The number of nitrogens with one attached hydrogen (secondary N) is 1. The Morgan fingerprint density at radius 1 is 1.24 bits per heavy atom. The van der Waals surface area contributed by atoms with Crippen molar-refractivity contribution in [2.75, 3.05) is 6.54 Å². The molecule has 0 aromatic heterocycles. The highest BCUT2D eigenvalue weighted by Gasteiger charge is 2.19. The van der Waals surface area contributed by atoms with Crippen LogP contribution in [0.15, 0.2) is 42.5 Å². The third-order valence-corrected chi connectivity index (χ3v) is 3.24. The Morgan fingerprint density at radius 2 is 2.00 bits per heavy atom. The van der Waals surface area contributed by atoms with Crippen LogP contribution in [0.4, 0.5) is 5.69 Å². The first kappa shape index (κ1) is 17.9. The maximum Gasteiger partial charge on any atom is 0.312 e. The molecule has 2 rings (SSSR count). The zero-order valence-corrected chi connectivity index (χ0v) is 13.4. The van der Waals surface area contributed by atoms with Gasteiger partial charge in [-0.25, -0.2) is 0 Å². The highest BCUT2D eigenvalue weighted by atomic mass is 16.6. The van der Waals surface area contributed by atoms with E-state index in [1.165, 1.54) is 18.2 Å². The SMILES string of the molecule is CCNC(=O)c1ccc(Oc2cccc(CC(=O)O)c2)c([N+](=O)[O-])c1. The van der Waals surface area contributed by atoms with Gasteiger partial charge in [-0.2, -0.15) is 0 Å². The van der Waals surface area contributed by atoms with Gasteiger partial charge in [-0.15, -0.1) is 0 Å². The molecular formula is C17H16N2O6. The number of nitro groups is 1. The molecule has 8 nitrogen and oxygen atoms in total. The Morgan fingerprint density at radius 3 is 2.64 bits per heavy atom. The van der Waals surface area contributed by atoms with Crippen LogP contribution in [0.1, 0.15) is 22.8 Å². The normalized spacial score (nSPS) is 10.1. The second-order valence-electron chi connectivity index (χ2n) is 5.12. The Kier molecular flexibility index (Phi) is 5.67. The first-order chi connectivity index (χ1) is 11.9. The average molecular weight is 344 g/mol. The van der Waals surface area contributed by atoms with Gasteiger partial charge in [0, 0.05) is 18.2 Å². The van der Waals surface area contributed by atoms with Crippen LogP contribution < -0.4 is 10.1 Å². The van der Waals surface area contributed by atoms with Gasteiger partial charge >= 0.3 is 11.7 Å². The molecule has 0 aliphatic carbocycles. The summed E-state index contributed by atoms with van der Waals surface area (Å²) in [6, 6.07) is 10.2. The number of carbonyl (C=O) groups excluding carboxylic acids is 1. The number of nitrogens with zero attached hydrogens (tertiary/aromatic N) is 1. The Labute approximate surface area is 143 Å². The summed E-state index contributed by atoms with van der Waals surface area (Å²) in [6.45, 7) is 2.15. The van der Waals surface area contributed by atoms with Gasteiger partial charge in [0.1, 0.15) is 5.75 Å². The largest absolute Gasteiger partial charge is 0.481 e. The number of carboxylic acid groups (broad SMARTS) is 1. The van der Waals surface area contributed by atoms with E-state index in [9.17, 15) is 19.7 Å². The van der Waals surface area contributed by atoms with Gasteiger partial charge in [0.05, 0.1) is 11.3 Å². The minimum Gasteiger partial charge on any atom is -0.481 e. The molecule has 0 atom stereocenters. The summed E-state index contributed by atoms with van der Waals surface area (Å²) in [5.41, 5.74) is 0.305. The minimum absolute atomic E-state index is 0.0366. The van der Waals surface area contributed by atoms with Crippen LogP contribution in [0, 0.1) is 10.1 Å². The van der Waals surface area contributed by atoms with Crippen LogP contribution in [0.2, 0.25) is 0 Å². The minimum atomic E-state index is -0.991. The monoisotopic (exact) mass is 344 g/mol.